The minimum atomic E-state index is -0.493. The number of carbonyl (C=O) groups is 2. The van der Waals surface area contributed by atoms with Gasteiger partial charge in [0.25, 0.3) is 0 Å². The monoisotopic (exact) mass is 372 g/mol. The van der Waals surface area contributed by atoms with Crippen LogP contribution in [-0.2, 0) is 16.1 Å². The molecule has 114 valence electrons. The molecule has 1 aliphatic heterocycles. The van der Waals surface area contributed by atoms with Crippen LogP contribution in [0, 0.1) is 5.92 Å². The third-order valence-electron chi connectivity index (χ3n) is 3.72. The molecule has 2 amide bonds. The van der Waals surface area contributed by atoms with Gasteiger partial charge in [-0.05, 0) is 30.5 Å². The Morgan fingerprint density at radius 1 is 1.38 bits per heavy atom. The molecular formula is C15H18BrClN2O2. The minimum absolute atomic E-state index is 0.0526. The number of halogens is 2. The molecule has 1 aliphatic rings. The molecule has 0 radical (unpaired) electrons. The van der Waals surface area contributed by atoms with Crippen LogP contribution in [0.1, 0.15) is 26.3 Å². The smallest absolute Gasteiger partial charge is 0.246 e. The summed E-state index contributed by atoms with van der Waals surface area (Å²) in [5, 5.41) is 3.36. The number of carbonyl (C=O) groups excluding carboxylic acids is 2. The number of hydrogen-bond donors (Lipinski definition) is 1. The lowest BCUT2D eigenvalue weighted by atomic mass is 9.98. The molecule has 6 heteroatoms. The van der Waals surface area contributed by atoms with Crippen LogP contribution >= 0.6 is 27.5 Å². The van der Waals surface area contributed by atoms with Crippen molar-refractivity contribution in [3.63, 3.8) is 0 Å². The highest BCUT2D eigenvalue weighted by Crippen LogP contribution is 2.25. The second-order valence-electron chi connectivity index (χ2n) is 5.61. The van der Waals surface area contributed by atoms with Gasteiger partial charge in [-0.3, -0.25) is 9.59 Å². The predicted octanol–water partition coefficient (Wildman–Crippen LogP) is 2.97. The molecular weight excluding hydrogens is 356 g/mol. The topological polar surface area (TPSA) is 49.4 Å². The Morgan fingerprint density at radius 2 is 2.05 bits per heavy atom. The zero-order valence-corrected chi connectivity index (χ0v) is 14.5. The van der Waals surface area contributed by atoms with E-state index in [4.69, 9.17) is 11.6 Å². The normalized spacial score (nSPS) is 22.7. The van der Waals surface area contributed by atoms with Gasteiger partial charge in [0, 0.05) is 16.0 Å². The van der Waals surface area contributed by atoms with Crippen molar-refractivity contribution in [1.82, 2.24) is 10.2 Å². The van der Waals surface area contributed by atoms with Crippen molar-refractivity contribution in [2.75, 3.05) is 0 Å². The lowest BCUT2D eigenvalue weighted by molar-refractivity contribution is -0.150. The van der Waals surface area contributed by atoms with Crippen molar-refractivity contribution in [1.29, 1.82) is 0 Å². The number of amides is 2. The Balaban J connectivity index is 2.27. The maximum atomic E-state index is 12.6. The summed E-state index contributed by atoms with van der Waals surface area (Å²) in [5.41, 5.74) is 0.831. The average molecular weight is 374 g/mol. The summed E-state index contributed by atoms with van der Waals surface area (Å²) < 4.78 is 0.882. The van der Waals surface area contributed by atoms with E-state index in [0.29, 0.717) is 11.6 Å². The van der Waals surface area contributed by atoms with E-state index in [-0.39, 0.29) is 17.7 Å². The molecule has 1 fully saturated rings. The maximum Gasteiger partial charge on any atom is 0.246 e. The van der Waals surface area contributed by atoms with Gasteiger partial charge in [0.05, 0.1) is 0 Å². The number of rotatable bonds is 3. The van der Waals surface area contributed by atoms with E-state index in [1.165, 1.54) is 0 Å². The summed E-state index contributed by atoms with van der Waals surface area (Å²) in [6, 6.07) is 4.56. The van der Waals surface area contributed by atoms with Crippen molar-refractivity contribution in [2.45, 2.75) is 39.4 Å². The summed E-state index contributed by atoms with van der Waals surface area (Å²) in [5.74, 6) is -0.130. The Hall–Kier alpha value is -1.07. The molecule has 2 atom stereocenters. The molecule has 1 N–H and O–H groups in total. The molecule has 2 unspecified atom stereocenters. The summed E-state index contributed by atoms with van der Waals surface area (Å²) >= 11 is 9.57. The van der Waals surface area contributed by atoms with Crippen LogP contribution in [0.5, 0.6) is 0 Å². The van der Waals surface area contributed by atoms with E-state index >= 15 is 0 Å². The van der Waals surface area contributed by atoms with E-state index in [1.54, 1.807) is 17.9 Å². The fourth-order valence-electron chi connectivity index (χ4n) is 2.35. The van der Waals surface area contributed by atoms with Crippen LogP contribution in [0.3, 0.4) is 0 Å². The fraction of sp³-hybridized carbons (Fsp3) is 0.467. The molecule has 1 aromatic carbocycles. The van der Waals surface area contributed by atoms with E-state index in [0.717, 1.165) is 10.0 Å². The Morgan fingerprint density at radius 3 is 2.62 bits per heavy atom. The number of benzene rings is 1. The van der Waals surface area contributed by atoms with Crippen molar-refractivity contribution in [2.24, 2.45) is 5.92 Å². The van der Waals surface area contributed by atoms with Gasteiger partial charge in [0.2, 0.25) is 11.8 Å². The molecule has 0 aliphatic carbocycles. The summed E-state index contributed by atoms with van der Waals surface area (Å²) in [4.78, 5) is 26.2. The van der Waals surface area contributed by atoms with Gasteiger partial charge in [0.15, 0.2) is 0 Å². The second kappa shape index (κ2) is 6.36. The Kier molecular flexibility index (Phi) is 4.94. The molecule has 21 heavy (non-hydrogen) atoms. The SMILES string of the molecule is CC(C)C1NC(=O)C(C)N(Cc2ccc(Br)cc2Cl)C1=O. The quantitative estimate of drug-likeness (QED) is 0.885. The Bertz CT molecular complexity index is 577. The van der Waals surface area contributed by atoms with Crippen LogP contribution in [0.2, 0.25) is 5.02 Å². The molecule has 0 spiro atoms. The van der Waals surface area contributed by atoms with Crippen molar-refractivity contribution in [3.05, 3.63) is 33.3 Å². The van der Waals surface area contributed by atoms with Gasteiger partial charge < -0.3 is 10.2 Å². The third kappa shape index (κ3) is 3.40. The molecule has 0 saturated carbocycles. The first-order chi connectivity index (χ1) is 9.81. The molecule has 0 aromatic heterocycles. The molecule has 2 rings (SSSR count). The Labute approximate surface area is 138 Å². The van der Waals surface area contributed by atoms with Crippen LogP contribution in [0.4, 0.5) is 0 Å². The van der Waals surface area contributed by atoms with Gasteiger partial charge in [-0.2, -0.15) is 0 Å². The first kappa shape index (κ1) is 16.3. The highest BCUT2D eigenvalue weighted by Gasteiger charge is 2.39. The molecule has 4 nitrogen and oxygen atoms in total. The van der Waals surface area contributed by atoms with E-state index in [9.17, 15) is 9.59 Å². The number of nitrogens with one attached hydrogen (secondary N) is 1. The first-order valence-corrected chi connectivity index (χ1v) is 8.03. The molecule has 0 bridgehead atoms. The largest absolute Gasteiger partial charge is 0.342 e. The van der Waals surface area contributed by atoms with Crippen molar-refractivity contribution < 1.29 is 9.59 Å². The lowest BCUT2D eigenvalue weighted by Crippen LogP contribution is -2.63. The predicted molar refractivity (Wildman–Crippen MR) is 85.9 cm³/mol. The summed E-state index contributed by atoms with van der Waals surface area (Å²) in [6.07, 6.45) is 0. The molecule has 1 aromatic rings. The van der Waals surface area contributed by atoms with Gasteiger partial charge in [-0.15, -0.1) is 0 Å². The summed E-state index contributed by atoms with van der Waals surface area (Å²) in [6.45, 7) is 5.91. The van der Waals surface area contributed by atoms with Gasteiger partial charge in [-0.25, -0.2) is 0 Å². The fourth-order valence-corrected chi connectivity index (χ4v) is 3.08. The number of piperazine rings is 1. The van der Waals surface area contributed by atoms with E-state index < -0.39 is 12.1 Å². The minimum Gasteiger partial charge on any atom is -0.342 e. The van der Waals surface area contributed by atoms with Crippen molar-refractivity contribution >= 4 is 39.3 Å². The van der Waals surface area contributed by atoms with Crippen molar-refractivity contribution in [3.8, 4) is 0 Å². The second-order valence-corrected chi connectivity index (χ2v) is 6.93. The van der Waals surface area contributed by atoms with Gasteiger partial charge in [-0.1, -0.05) is 47.4 Å². The average Bonchev–Trinajstić information content (AvgIpc) is 2.40. The molecule has 1 saturated heterocycles. The van der Waals surface area contributed by atoms with E-state index in [1.807, 2.05) is 26.0 Å². The number of nitrogens with zero attached hydrogens (tertiary/aromatic N) is 1. The zero-order chi connectivity index (χ0) is 15.7. The van der Waals surface area contributed by atoms with Gasteiger partial charge >= 0.3 is 0 Å². The van der Waals surface area contributed by atoms with Crippen LogP contribution in [0.25, 0.3) is 0 Å². The standard InChI is InChI=1S/C15H18BrClN2O2/c1-8(2)13-15(21)19(9(3)14(20)18-13)7-10-4-5-11(16)6-12(10)17/h4-6,8-9,13H,7H2,1-3H3,(H,18,20). The maximum absolute atomic E-state index is 12.6. The lowest BCUT2D eigenvalue weighted by Gasteiger charge is -2.39. The van der Waals surface area contributed by atoms with Gasteiger partial charge in [0.1, 0.15) is 12.1 Å². The van der Waals surface area contributed by atoms with Crippen LogP contribution in [0.15, 0.2) is 22.7 Å². The first-order valence-electron chi connectivity index (χ1n) is 6.86. The van der Waals surface area contributed by atoms with Crippen LogP contribution in [-0.4, -0.2) is 28.8 Å². The third-order valence-corrected chi connectivity index (χ3v) is 4.56. The highest BCUT2D eigenvalue weighted by molar-refractivity contribution is 9.10. The molecule has 1 heterocycles. The van der Waals surface area contributed by atoms with Crippen LogP contribution < -0.4 is 5.32 Å². The number of hydrogen-bond acceptors (Lipinski definition) is 2. The highest BCUT2D eigenvalue weighted by atomic mass is 79.9. The van der Waals surface area contributed by atoms with E-state index in [2.05, 4.69) is 21.2 Å². The zero-order valence-electron chi connectivity index (χ0n) is 12.2. The summed E-state index contributed by atoms with van der Waals surface area (Å²) in [7, 11) is 0.